The van der Waals surface area contributed by atoms with Crippen LogP contribution in [0.1, 0.15) is 29.8 Å². The zero-order valence-electron chi connectivity index (χ0n) is 10.9. The van der Waals surface area contributed by atoms with Gasteiger partial charge in [-0.1, -0.05) is 0 Å². The molecule has 18 heavy (non-hydrogen) atoms. The standard InChI is InChI=1S/C14H17FN2O/c1-4-17(9-10(2)8-16)14(18)13-6-5-12(15)7-11(13)3/h5-7,10H,4,9H2,1-3H3. The fraction of sp³-hybridized carbons (Fsp3) is 0.429. The summed E-state index contributed by atoms with van der Waals surface area (Å²) in [5.74, 6) is -0.718. The second kappa shape index (κ2) is 6.15. The number of carbonyl (C=O) groups is 1. The first-order valence-electron chi connectivity index (χ1n) is 5.94. The van der Waals surface area contributed by atoms with Gasteiger partial charge in [-0.05, 0) is 44.5 Å². The molecule has 3 nitrogen and oxygen atoms in total. The number of carbonyl (C=O) groups excluding carboxylic acids is 1. The van der Waals surface area contributed by atoms with Gasteiger partial charge in [0.2, 0.25) is 0 Å². The molecule has 4 heteroatoms. The maximum atomic E-state index is 13.0. The molecule has 1 unspecified atom stereocenters. The summed E-state index contributed by atoms with van der Waals surface area (Å²) in [6, 6.07) is 6.22. The SMILES string of the molecule is CCN(CC(C)C#N)C(=O)c1ccc(F)cc1C. The Morgan fingerprint density at radius 3 is 2.72 bits per heavy atom. The van der Waals surface area contributed by atoms with Gasteiger partial charge in [0.15, 0.2) is 0 Å². The predicted molar refractivity (Wildman–Crippen MR) is 67.5 cm³/mol. The lowest BCUT2D eigenvalue weighted by atomic mass is 10.1. The molecule has 0 aliphatic rings. The quantitative estimate of drug-likeness (QED) is 0.822. The van der Waals surface area contributed by atoms with Gasteiger partial charge in [-0.3, -0.25) is 4.79 Å². The number of amides is 1. The number of hydrogen-bond acceptors (Lipinski definition) is 2. The van der Waals surface area contributed by atoms with Gasteiger partial charge in [0, 0.05) is 18.7 Å². The predicted octanol–water partition coefficient (Wildman–Crippen LogP) is 2.76. The van der Waals surface area contributed by atoms with E-state index in [9.17, 15) is 9.18 Å². The van der Waals surface area contributed by atoms with Crippen LogP contribution in [0.2, 0.25) is 0 Å². The van der Waals surface area contributed by atoms with Crippen molar-refractivity contribution in [3.05, 3.63) is 35.1 Å². The monoisotopic (exact) mass is 248 g/mol. The number of hydrogen-bond donors (Lipinski definition) is 0. The van der Waals surface area contributed by atoms with Gasteiger partial charge < -0.3 is 4.90 Å². The third-order valence-electron chi connectivity index (χ3n) is 2.80. The highest BCUT2D eigenvalue weighted by atomic mass is 19.1. The van der Waals surface area contributed by atoms with Crippen LogP contribution in [-0.2, 0) is 0 Å². The van der Waals surface area contributed by atoms with Gasteiger partial charge in [0.1, 0.15) is 5.82 Å². The topological polar surface area (TPSA) is 44.1 Å². The lowest BCUT2D eigenvalue weighted by Crippen LogP contribution is -2.34. The van der Waals surface area contributed by atoms with Crippen molar-refractivity contribution in [3.63, 3.8) is 0 Å². The second-order valence-electron chi connectivity index (χ2n) is 4.33. The Morgan fingerprint density at radius 1 is 1.56 bits per heavy atom. The average Bonchev–Trinajstić information content (AvgIpc) is 2.34. The van der Waals surface area contributed by atoms with Crippen molar-refractivity contribution >= 4 is 5.91 Å². The zero-order valence-corrected chi connectivity index (χ0v) is 10.9. The van der Waals surface area contributed by atoms with Gasteiger partial charge in [-0.15, -0.1) is 0 Å². The molecule has 0 spiro atoms. The fourth-order valence-corrected chi connectivity index (χ4v) is 1.76. The number of benzene rings is 1. The summed E-state index contributed by atoms with van der Waals surface area (Å²) in [5, 5.41) is 8.78. The van der Waals surface area contributed by atoms with Crippen LogP contribution in [0, 0.1) is 30.0 Å². The Balaban J connectivity index is 2.94. The van der Waals surface area contributed by atoms with Gasteiger partial charge in [0.25, 0.3) is 5.91 Å². The lowest BCUT2D eigenvalue weighted by molar-refractivity contribution is 0.0752. The number of rotatable bonds is 4. The molecule has 0 N–H and O–H groups in total. The summed E-state index contributed by atoms with van der Waals surface area (Å²) in [6.07, 6.45) is 0. The van der Waals surface area contributed by atoms with E-state index in [-0.39, 0.29) is 17.6 Å². The summed E-state index contributed by atoms with van der Waals surface area (Å²) in [5.41, 5.74) is 1.10. The van der Waals surface area contributed by atoms with E-state index in [4.69, 9.17) is 5.26 Å². The highest BCUT2D eigenvalue weighted by Gasteiger charge is 2.18. The maximum Gasteiger partial charge on any atom is 0.254 e. The molecule has 1 atom stereocenters. The van der Waals surface area contributed by atoms with Gasteiger partial charge >= 0.3 is 0 Å². The van der Waals surface area contributed by atoms with Crippen LogP contribution in [0.4, 0.5) is 4.39 Å². The molecule has 1 amide bonds. The van der Waals surface area contributed by atoms with Crippen LogP contribution < -0.4 is 0 Å². The van der Waals surface area contributed by atoms with E-state index in [0.717, 1.165) is 0 Å². The smallest absolute Gasteiger partial charge is 0.254 e. The Bertz CT molecular complexity index is 479. The van der Waals surface area contributed by atoms with E-state index in [0.29, 0.717) is 24.2 Å². The summed E-state index contributed by atoms with van der Waals surface area (Å²) in [4.78, 5) is 13.9. The summed E-state index contributed by atoms with van der Waals surface area (Å²) in [7, 11) is 0. The third-order valence-corrected chi connectivity index (χ3v) is 2.80. The van der Waals surface area contributed by atoms with Crippen molar-refractivity contribution in [1.29, 1.82) is 5.26 Å². The Labute approximate surface area is 107 Å². The fourth-order valence-electron chi connectivity index (χ4n) is 1.76. The van der Waals surface area contributed by atoms with E-state index in [2.05, 4.69) is 6.07 Å². The van der Waals surface area contributed by atoms with E-state index in [1.807, 2.05) is 6.92 Å². The van der Waals surface area contributed by atoms with Crippen molar-refractivity contribution in [2.75, 3.05) is 13.1 Å². The van der Waals surface area contributed by atoms with Crippen molar-refractivity contribution in [2.45, 2.75) is 20.8 Å². The molecule has 0 aliphatic heterocycles. The average molecular weight is 248 g/mol. The molecule has 0 saturated heterocycles. The van der Waals surface area contributed by atoms with Crippen molar-refractivity contribution in [3.8, 4) is 6.07 Å². The highest BCUT2D eigenvalue weighted by molar-refractivity contribution is 5.95. The first-order valence-corrected chi connectivity index (χ1v) is 5.94. The van der Waals surface area contributed by atoms with Gasteiger partial charge in [-0.25, -0.2) is 4.39 Å². The van der Waals surface area contributed by atoms with Crippen LogP contribution in [0.25, 0.3) is 0 Å². The molecular weight excluding hydrogens is 231 g/mol. The van der Waals surface area contributed by atoms with E-state index in [1.54, 1.807) is 18.7 Å². The molecule has 96 valence electrons. The van der Waals surface area contributed by atoms with Crippen molar-refractivity contribution in [1.82, 2.24) is 4.90 Å². The van der Waals surface area contributed by atoms with E-state index in [1.165, 1.54) is 18.2 Å². The Kier molecular flexibility index (Phi) is 4.85. The molecule has 0 heterocycles. The zero-order chi connectivity index (χ0) is 13.7. The second-order valence-corrected chi connectivity index (χ2v) is 4.33. The Morgan fingerprint density at radius 2 is 2.22 bits per heavy atom. The summed E-state index contributed by atoms with van der Waals surface area (Å²) >= 11 is 0. The molecule has 1 aromatic rings. The number of aryl methyl sites for hydroxylation is 1. The number of nitriles is 1. The van der Waals surface area contributed by atoms with E-state index < -0.39 is 0 Å². The van der Waals surface area contributed by atoms with Crippen molar-refractivity contribution < 1.29 is 9.18 Å². The minimum atomic E-state index is -0.350. The number of nitrogens with zero attached hydrogens (tertiary/aromatic N) is 2. The van der Waals surface area contributed by atoms with Crippen LogP contribution >= 0.6 is 0 Å². The molecule has 0 saturated carbocycles. The number of halogens is 1. The summed E-state index contributed by atoms with van der Waals surface area (Å²) in [6.45, 7) is 6.26. The van der Waals surface area contributed by atoms with Crippen molar-refractivity contribution in [2.24, 2.45) is 5.92 Å². The normalized spacial score (nSPS) is 11.7. The molecular formula is C14H17FN2O. The highest BCUT2D eigenvalue weighted by Crippen LogP contribution is 2.13. The maximum absolute atomic E-state index is 13.0. The first-order chi connectivity index (χ1) is 8.49. The van der Waals surface area contributed by atoms with Crippen LogP contribution in [0.3, 0.4) is 0 Å². The van der Waals surface area contributed by atoms with Crippen LogP contribution in [0.15, 0.2) is 18.2 Å². The first kappa shape index (κ1) is 14.2. The molecule has 1 rings (SSSR count). The molecule has 0 bridgehead atoms. The van der Waals surface area contributed by atoms with Gasteiger partial charge in [-0.2, -0.15) is 5.26 Å². The van der Waals surface area contributed by atoms with Crippen LogP contribution in [0.5, 0.6) is 0 Å². The largest absolute Gasteiger partial charge is 0.338 e. The summed E-state index contributed by atoms with van der Waals surface area (Å²) < 4.78 is 13.0. The van der Waals surface area contributed by atoms with E-state index >= 15 is 0 Å². The molecule has 0 fully saturated rings. The molecule has 0 aromatic heterocycles. The lowest BCUT2D eigenvalue weighted by Gasteiger charge is -2.22. The minimum Gasteiger partial charge on any atom is -0.338 e. The van der Waals surface area contributed by atoms with Crippen LogP contribution in [-0.4, -0.2) is 23.9 Å². The van der Waals surface area contributed by atoms with Gasteiger partial charge in [0.05, 0.1) is 12.0 Å². The minimum absolute atomic E-state index is 0.155. The molecule has 1 aromatic carbocycles. The Hall–Kier alpha value is -1.89. The molecule has 0 radical (unpaired) electrons. The third kappa shape index (κ3) is 3.30. The molecule has 0 aliphatic carbocycles.